The van der Waals surface area contributed by atoms with Crippen molar-refractivity contribution >= 4 is 34.1 Å². The fraction of sp³-hybridized carbons (Fsp3) is 0.235. The molecule has 7 nitrogen and oxygen atoms in total. The molecule has 0 saturated carbocycles. The Kier molecular flexibility index (Phi) is 4.86. The van der Waals surface area contributed by atoms with Crippen molar-refractivity contribution in [3.05, 3.63) is 46.0 Å². The van der Waals surface area contributed by atoms with E-state index in [1.165, 1.54) is 11.3 Å². The van der Waals surface area contributed by atoms with E-state index in [1.807, 2.05) is 12.1 Å². The maximum absolute atomic E-state index is 12.1. The molecule has 0 radical (unpaired) electrons. The molecule has 25 heavy (non-hydrogen) atoms. The van der Waals surface area contributed by atoms with Gasteiger partial charge in [0.25, 0.3) is 0 Å². The van der Waals surface area contributed by atoms with Crippen LogP contribution < -0.4 is 0 Å². The normalized spacial score (nSPS) is 11.8. The number of Topliss-reactive ketones (excluding diaryl/α,β-unsaturated/α-hetero) is 1. The lowest BCUT2D eigenvalue weighted by Gasteiger charge is -2.06. The van der Waals surface area contributed by atoms with Gasteiger partial charge in [-0.15, -0.1) is 11.3 Å². The largest absolute Gasteiger partial charge is 0.457 e. The fourth-order valence-electron chi connectivity index (χ4n) is 2.26. The molecule has 2 aromatic heterocycles. The molecule has 0 fully saturated rings. The van der Waals surface area contributed by atoms with Crippen molar-refractivity contribution < 1.29 is 18.8 Å². The zero-order valence-corrected chi connectivity index (χ0v) is 14.1. The monoisotopic (exact) mass is 355 g/mol. The van der Waals surface area contributed by atoms with Gasteiger partial charge in [0.2, 0.25) is 0 Å². The molecular weight excluding hydrogens is 342 g/mol. The third-order valence-corrected chi connectivity index (χ3v) is 4.50. The number of benzene rings is 1. The first-order chi connectivity index (χ1) is 12.1. The van der Waals surface area contributed by atoms with Gasteiger partial charge < -0.3 is 9.26 Å². The minimum atomic E-state index is -1.03. The molecule has 2 heterocycles. The van der Waals surface area contributed by atoms with E-state index in [2.05, 4.69) is 10.1 Å². The number of esters is 1. The fourth-order valence-corrected chi connectivity index (χ4v) is 3.12. The number of ether oxygens (including phenoxy) is 1. The Morgan fingerprint density at radius 1 is 1.40 bits per heavy atom. The summed E-state index contributed by atoms with van der Waals surface area (Å²) in [5.41, 5.74) is 1.76. The summed E-state index contributed by atoms with van der Waals surface area (Å²) in [5, 5.41) is 15.9. The van der Waals surface area contributed by atoms with Gasteiger partial charge >= 0.3 is 5.97 Å². The number of carbonyl (C=O) groups excluding carboxylic acids is 2. The number of aryl methyl sites for hydroxylation is 1. The third-order valence-electron chi connectivity index (χ3n) is 3.47. The highest BCUT2D eigenvalue weighted by Gasteiger charge is 2.24. The first-order valence-corrected chi connectivity index (χ1v) is 8.29. The Morgan fingerprint density at radius 3 is 2.92 bits per heavy atom. The van der Waals surface area contributed by atoms with E-state index in [0.717, 1.165) is 11.1 Å². The van der Waals surface area contributed by atoms with E-state index in [-0.39, 0.29) is 6.42 Å². The van der Waals surface area contributed by atoms with Crippen LogP contribution in [0.4, 0.5) is 0 Å². The molecule has 1 atom stereocenters. The maximum Gasteiger partial charge on any atom is 0.312 e. The molecule has 1 aromatic carbocycles. The topological polar surface area (TPSA) is 106 Å². The number of aromatic nitrogens is 2. The van der Waals surface area contributed by atoms with Crippen LogP contribution in [0.2, 0.25) is 0 Å². The number of rotatable bonds is 6. The summed E-state index contributed by atoms with van der Waals surface area (Å²) in [7, 11) is 0. The number of hydrogen-bond acceptors (Lipinski definition) is 8. The molecule has 0 N–H and O–H groups in total. The lowest BCUT2D eigenvalue weighted by atomic mass is 10.1. The second-order valence-electron chi connectivity index (χ2n) is 5.32. The van der Waals surface area contributed by atoms with Crippen molar-refractivity contribution in [3.8, 4) is 6.07 Å². The van der Waals surface area contributed by atoms with Crippen molar-refractivity contribution in [2.75, 3.05) is 6.61 Å². The zero-order chi connectivity index (χ0) is 17.8. The minimum Gasteiger partial charge on any atom is -0.457 e. The highest BCUT2D eigenvalue weighted by Crippen LogP contribution is 2.21. The summed E-state index contributed by atoms with van der Waals surface area (Å²) in [6.45, 7) is 1.30. The Bertz CT molecular complexity index is 970. The number of ketones is 1. The Hall–Kier alpha value is -3.05. The van der Waals surface area contributed by atoms with Crippen molar-refractivity contribution in [3.63, 3.8) is 0 Å². The molecule has 126 valence electrons. The SMILES string of the molecule is Cc1csc([C@@H](C#N)C(=O)COC(=O)Cc2noc3ccccc23)n1. The van der Waals surface area contributed by atoms with Gasteiger partial charge in [-0.3, -0.25) is 9.59 Å². The summed E-state index contributed by atoms with van der Waals surface area (Å²) < 4.78 is 10.1. The lowest BCUT2D eigenvalue weighted by molar-refractivity contribution is -0.147. The van der Waals surface area contributed by atoms with Gasteiger partial charge in [0.05, 0.1) is 12.5 Å². The molecular formula is C17H13N3O4S. The Balaban J connectivity index is 1.60. The Labute approximate surface area is 146 Å². The molecule has 3 rings (SSSR count). The van der Waals surface area contributed by atoms with E-state index in [4.69, 9.17) is 9.26 Å². The average molecular weight is 355 g/mol. The number of para-hydroxylation sites is 1. The van der Waals surface area contributed by atoms with Gasteiger partial charge in [-0.05, 0) is 19.1 Å². The molecule has 0 amide bonds. The highest BCUT2D eigenvalue weighted by molar-refractivity contribution is 7.09. The van der Waals surface area contributed by atoms with Crippen molar-refractivity contribution in [2.45, 2.75) is 19.3 Å². The molecule has 8 heteroatoms. The van der Waals surface area contributed by atoms with Crippen LogP contribution >= 0.6 is 11.3 Å². The van der Waals surface area contributed by atoms with Crippen LogP contribution in [0.3, 0.4) is 0 Å². The van der Waals surface area contributed by atoms with Crippen molar-refractivity contribution in [1.82, 2.24) is 10.1 Å². The van der Waals surface area contributed by atoms with E-state index < -0.39 is 24.3 Å². The predicted octanol–water partition coefficient (Wildman–Crippen LogP) is 2.55. The Morgan fingerprint density at radius 2 is 2.20 bits per heavy atom. The summed E-state index contributed by atoms with van der Waals surface area (Å²) in [6, 6.07) is 9.05. The molecule has 0 aliphatic carbocycles. The number of nitrogens with zero attached hydrogens (tertiary/aromatic N) is 3. The molecule has 0 aliphatic rings. The predicted molar refractivity (Wildman–Crippen MR) is 88.9 cm³/mol. The average Bonchev–Trinajstić information content (AvgIpc) is 3.21. The highest BCUT2D eigenvalue weighted by atomic mass is 32.1. The van der Waals surface area contributed by atoms with Gasteiger partial charge in [-0.1, -0.05) is 17.3 Å². The molecule has 0 unspecified atom stereocenters. The van der Waals surface area contributed by atoms with Crippen LogP contribution in [-0.4, -0.2) is 28.5 Å². The van der Waals surface area contributed by atoms with Gasteiger partial charge in [0.1, 0.15) is 10.7 Å². The number of hydrogen-bond donors (Lipinski definition) is 0. The molecule has 3 aromatic rings. The van der Waals surface area contributed by atoms with Crippen molar-refractivity contribution in [2.24, 2.45) is 0 Å². The summed E-state index contributed by atoms with van der Waals surface area (Å²) in [4.78, 5) is 28.2. The number of thiazole rings is 1. The first-order valence-electron chi connectivity index (χ1n) is 7.41. The van der Waals surface area contributed by atoms with Crippen LogP contribution in [0, 0.1) is 18.3 Å². The van der Waals surface area contributed by atoms with Gasteiger partial charge in [0.15, 0.2) is 23.9 Å². The van der Waals surface area contributed by atoms with E-state index >= 15 is 0 Å². The standard InChI is InChI=1S/C17H13N3O4S/c1-10-9-25-17(19-10)12(7-18)14(21)8-23-16(22)6-13-11-4-2-3-5-15(11)24-20-13/h2-5,9,12H,6,8H2,1H3/t12-/m0/s1. The summed E-state index contributed by atoms with van der Waals surface area (Å²) >= 11 is 1.23. The van der Waals surface area contributed by atoms with Crippen LogP contribution in [0.25, 0.3) is 11.0 Å². The quantitative estimate of drug-likeness (QED) is 0.625. The third kappa shape index (κ3) is 3.72. The molecule has 0 spiro atoms. The van der Waals surface area contributed by atoms with Crippen LogP contribution in [0.15, 0.2) is 34.2 Å². The van der Waals surface area contributed by atoms with E-state index in [9.17, 15) is 14.9 Å². The zero-order valence-electron chi connectivity index (χ0n) is 13.3. The van der Waals surface area contributed by atoms with Crippen molar-refractivity contribution in [1.29, 1.82) is 5.26 Å². The van der Waals surface area contributed by atoms with E-state index in [0.29, 0.717) is 16.3 Å². The minimum absolute atomic E-state index is 0.113. The summed E-state index contributed by atoms with van der Waals surface area (Å²) in [5.74, 6) is -2.14. The number of nitriles is 1. The first kappa shape index (κ1) is 16.8. The lowest BCUT2D eigenvalue weighted by Crippen LogP contribution is -2.20. The maximum atomic E-state index is 12.1. The van der Waals surface area contributed by atoms with Gasteiger partial charge in [0, 0.05) is 16.5 Å². The van der Waals surface area contributed by atoms with Gasteiger partial charge in [-0.25, -0.2) is 4.98 Å². The number of carbonyl (C=O) groups is 2. The summed E-state index contributed by atoms with van der Waals surface area (Å²) in [6.07, 6.45) is -0.113. The second-order valence-corrected chi connectivity index (χ2v) is 6.21. The molecule has 0 aliphatic heterocycles. The second kappa shape index (κ2) is 7.23. The van der Waals surface area contributed by atoms with Crippen LogP contribution in [0.1, 0.15) is 22.3 Å². The van der Waals surface area contributed by atoms with E-state index in [1.54, 1.807) is 30.5 Å². The van der Waals surface area contributed by atoms with Gasteiger partial charge in [-0.2, -0.15) is 5.26 Å². The smallest absolute Gasteiger partial charge is 0.312 e. The molecule has 0 saturated heterocycles. The number of fused-ring (bicyclic) bond motifs is 1. The molecule has 0 bridgehead atoms. The van der Waals surface area contributed by atoms with Crippen LogP contribution in [0.5, 0.6) is 0 Å². The van der Waals surface area contributed by atoms with Crippen LogP contribution in [-0.2, 0) is 20.7 Å².